The van der Waals surface area contributed by atoms with E-state index in [9.17, 15) is 15.0 Å². The predicted molar refractivity (Wildman–Crippen MR) is 211 cm³/mol. The minimum Gasteiger partial charge on any atom is -0.457 e. The maximum absolute atomic E-state index is 14.2. The van der Waals surface area contributed by atoms with Crippen LogP contribution in [0.15, 0.2) is 71.8 Å². The first kappa shape index (κ1) is 36.7. The lowest BCUT2D eigenvalue weighted by Gasteiger charge is -2.57. The molecule has 5 unspecified atom stereocenters. The van der Waals surface area contributed by atoms with Crippen LogP contribution in [0.4, 0.5) is 11.4 Å². The fourth-order valence-corrected chi connectivity index (χ4v) is 9.81. The van der Waals surface area contributed by atoms with Crippen molar-refractivity contribution in [3.63, 3.8) is 0 Å². The molecule has 6 aliphatic rings. The summed E-state index contributed by atoms with van der Waals surface area (Å²) in [5.41, 5.74) is 3.83. The number of hydrogen-bond acceptors (Lipinski definition) is 10. The van der Waals surface area contributed by atoms with E-state index >= 15 is 0 Å². The van der Waals surface area contributed by atoms with Crippen molar-refractivity contribution < 1.29 is 23.8 Å². The molecule has 286 valence electrons. The van der Waals surface area contributed by atoms with Crippen LogP contribution in [-0.2, 0) is 30.9 Å². The molecule has 5 aliphatic heterocycles. The van der Waals surface area contributed by atoms with Gasteiger partial charge in [-0.05, 0) is 70.0 Å². The molecule has 11 nitrogen and oxygen atoms in total. The second-order valence-corrected chi connectivity index (χ2v) is 15.9. The standard InChI is InChI=1S/C43H54N6O5/c1-5-7-35-36(12-13-40(50)45-14-16-53-18-17-52-15-6-2)43(42(44)41(35)51)23-28-8-9-29(48-31-19-32(48)25-46(3)24-31)21-38(28)54-39-22-30(10-11-37(39)43)49-33-20-34(49)27-47(4)26-33/h5,7-13,21-22,31-34,44H,6,14-20,23-27H2,1-4H3,(H,45,50)/b7-5-,13-12+,44-42?. The van der Waals surface area contributed by atoms with Gasteiger partial charge in [0.2, 0.25) is 11.7 Å². The van der Waals surface area contributed by atoms with Gasteiger partial charge in [0.1, 0.15) is 11.5 Å². The first-order chi connectivity index (χ1) is 26.2. The Bertz CT molecular complexity index is 1880. The largest absolute Gasteiger partial charge is 0.457 e. The van der Waals surface area contributed by atoms with Crippen molar-refractivity contribution in [2.45, 2.75) is 69.1 Å². The van der Waals surface area contributed by atoms with Crippen LogP contribution in [0.2, 0.25) is 0 Å². The summed E-state index contributed by atoms with van der Waals surface area (Å²) >= 11 is 0. The molecule has 1 amide bonds. The van der Waals surface area contributed by atoms with Gasteiger partial charge >= 0.3 is 0 Å². The molecule has 1 aliphatic carbocycles. The molecule has 5 atom stereocenters. The number of piperazine rings is 2. The van der Waals surface area contributed by atoms with E-state index in [0.717, 1.165) is 60.9 Å². The number of carbonyl (C=O) groups excluding carboxylic acids is 2. The maximum atomic E-state index is 14.2. The van der Waals surface area contributed by atoms with E-state index in [1.807, 2.05) is 13.0 Å². The summed E-state index contributed by atoms with van der Waals surface area (Å²) in [5.74, 6) is 0.782. The zero-order valence-corrected chi connectivity index (χ0v) is 32.1. The van der Waals surface area contributed by atoms with Crippen LogP contribution in [0.3, 0.4) is 0 Å². The topological polar surface area (TPSA) is 111 Å². The Morgan fingerprint density at radius 1 is 0.889 bits per heavy atom. The minimum atomic E-state index is -1.16. The van der Waals surface area contributed by atoms with Crippen molar-refractivity contribution in [3.05, 3.63) is 83.0 Å². The van der Waals surface area contributed by atoms with Gasteiger partial charge in [0.05, 0.1) is 30.9 Å². The number of anilines is 2. The van der Waals surface area contributed by atoms with Gasteiger partial charge in [-0.25, -0.2) is 0 Å². The number of likely N-dealkylation sites (tertiary alicyclic amines) is 2. The molecule has 4 bridgehead atoms. The zero-order chi connectivity index (χ0) is 37.6. The molecule has 0 saturated carbocycles. The van der Waals surface area contributed by atoms with Crippen LogP contribution in [0.25, 0.3) is 0 Å². The summed E-state index contributed by atoms with van der Waals surface area (Å²) in [6.45, 7) is 10.5. The van der Waals surface area contributed by atoms with Gasteiger partial charge in [-0.3, -0.25) is 15.0 Å². The molecule has 0 aromatic heterocycles. The fourth-order valence-electron chi connectivity index (χ4n) is 9.81. The maximum Gasteiger partial charge on any atom is 0.244 e. The second-order valence-electron chi connectivity index (χ2n) is 15.9. The first-order valence-corrected chi connectivity index (χ1v) is 19.7. The third-order valence-corrected chi connectivity index (χ3v) is 12.1. The number of fused-ring (bicyclic) bond motifs is 7. The molecule has 54 heavy (non-hydrogen) atoms. The number of hydrogen-bond donors (Lipinski definition) is 2. The number of ketones is 1. The van der Waals surface area contributed by atoms with Gasteiger partial charge < -0.3 is 39.1 Å². The molecule has 1 spiro atoms. The van der Waals surface area contributed by atoms with Crippen molar-refractivity contribution in [1.82, 2.24) is 15.1 Å². The molecule has 0 radical (unpaired) electrons. The smallest absolute Gasteiger partial charge is 0.244 e. The highest BCUT2D eigenvalue weighted by molar-refractivity contribution is 6.52. The lowest BCUT2D eigenvalue weighted by Crippen LogP contribution is -2.68. The third kappa shape index (κ3) is 6.48. The summed E-state index contributed by atoms with van der Waals surface area (Å²) in [6, 6.07) is 14.7. The van der Waals surface area contributed by atoms with Gasteiger partial charge in [-0.1, -0.05) is 37.3 Å². The summed E-state index contributed by atoms with van der Waals surface area (Å²) in [6.07, 6.45) is 10.5. The van der Waals surface area contributed by atoms with Crippen molar-refractivity contribution in [1.29, 1.82) is 5.41 Å². The van der Waals surface area contributed by atoms with Crippen molar-refractivity contribution >= 4 is 28.8 Å². The Kier molecular flexibility index (Phi) is 10.3. The Morgan fingerprint density at radius 3 is 2.13 bits per heavy atom. The average Bonchev–Trinajstić information content (AvgIpc) is 3.24. The number of piperidine rings is 2. The lowest BCUT2D eigenvalue weighted by molar-refractivity contribution is -0.116. The molecule has 4 fully saturated rings. The molecule has 5 heterocycles. The van der Waals surface area contributed by atoms with Crippen LogP contribution < -0.4 is 19.9 Å². The Labute approximate surface area is 319 Å². The Hall–Kier alpha value is -4.29. The monoisotopic (exact) mass is 734 g/mol. The summed E-state index contributed by atoms with van der Waals surface area (Å²) in [5, 5.41) is 12.5. The highest BCUT2D eigenvalue weighted by Crippen LogP contribution is 2.54. The average molecular weight is 735 g/mol. The van der Waals surface area contributed by atoms with Gasteiger partial charge in [0.25, 0.3) is 0 Å². The van der Waals surface area contributed by atoms with Gasteiger partial charge in [-0.2, -0.15) is 0 Å². The molecule has 2 aromatic carbocycles. The molecule has 11 heteroatoms. The number of ether oxygens (including phenoxy) is 3. The number of benzene rings is 2. The van der Waals surface area contributed by atoms with E-state index in [4.69, 9.17) is 14.2 Å². The second kappa shape index (κ2) is 15.1. The number of nitrogens with zero attached hydrogens (tertiary/aromatic N) is 4. The summed E-state index contributed by atoms with van der Waals surface area (Å²) in [4.78, 5) is 37.2. The summed E-state index contributed by atoms with van der Waals surface area (Å²) < 4.78 is 18.1. The lowest BCUT2D eigenvalue weighted by atomic mass is 9.69. The first-order valence-electron chi connectivity index (χ1n) is 19.7. The van der Waals surface area contributed by atoms with Gasteiger partial charge in [0.15, 0.2) is 0 Å². The summed E-state index contributed by atoms with van der Waals surface area (Å²) in [7, 11) is 4.38. The molecule has 2 N–H and O–H groups in total. The highest BCUT2D eigenvalue weighted by Gasteiger charge is 2.54. The van der Waals surface area contributed by atoms with Crippen molar-refractivity contribution in [2.75, 3.05) is 83.0 Å². The zero-order valence-electron chi connectivity index (χ0n) is 32.1. The van der Waals surface area contributed by atoms with E-state index in [0.29, 0.717) is 80.5 Å². The molecular formula is C43H54N6O5. The number of carbonyl (C=O) groups is 2. The van der Waals surface area contributed by atoms with E-state index < -0.39 is 5.41 Å². The van der Waals surface area contributed by atoms with E-state index in [1.165, 1.54) is 18.9 Å². The molecule has 4 saturated heterocycles. The fraction of sp³-hybridized carbons (Fsp3) is 0.512. The Balaban J connectivity index is 1.15. The van der Waals surface area contributed by atoms with E-state index in [-0.39, 0.29) is 17.4 Å². The van der Waals surface area contributed by atoms with Crippen molar-refractivity contribution in [3.8, 4) is 11.5 Å². The van der Waals surface area contributed by atoms with Gasteiger partial charge in [-0.15, -0.1) is 0 Å². The Morgan fingerprint density at radius 2 is 1.50 bits per heavy atom. The number of rotatable bonds is 13. The number of Topliss-reactive ketones (excluding diaryl/α,β-unsaturated/α-hetero) is 1. The van der Waals surface area contributed by atoms with Crippen LogP contribution >= 0.6 is 0 Å². The van der Waals surface area contributed by atoms with Gasteiger partial charge in [0, 0.05) is 104 Å². The van der Waals surface area contributed by atoms with E-state index in [1.54, 1.807) is 12.2 Å². The number of amides is 1. The molecule has 8 rings (SSSR count). The quantitative estimate of drug-likeness (QED) is 0.225. The van der Waals surface area contributed by atoms with Crippen LogP contribution in [0, 0.1) is 5.41 Å². The SMILES string of the molecule is C/C=C\C1=C(/C=C/C(=O)NCCOCCOCCC)C2(Cc3ccc(N4C5CC4CN(C)C5)cc3Oc3cc(N4C5CC4CN(C)C5)ccc32)C(=N)C1=O. The predicted octanol–water partition coefficient (Wildman–Crippen LogP) is 4.65. The van der Waals surface area contributed by atoms with Crippen LogP contribution in [0.5, 0.6) is 11.5 Å². The molecule has 2 aromatic rings. The number of nitrogens with one attached hydrogen (secondary N) is 2. The third-order valence-electron chi connectivity index (χ3n) is 12.1. The minimum absolute atomic E-state index is 0.00775. The normalized spacial score (nSPS) is 27.6. The number of allylic oxidation sites excluding steroid dienone is 5. The van der Waals surface area contributed by atoms with Crippen LogP contribution in [0.1, 0.15) is 44.2 Å². The number of likely N-dealkylation sites (N-methyl/N-ethyl adjacent to an activating group) is 2. The highest BCUT2D eigenvalue weighted by atomic mass is 16.5. The molecular weight excluding hydrogens is 681 g/mol. The van der Waals surface area contributed by atoms with E-state index in [2.05, 4.69) is 82.3 Å². The van der Waals surface area contributed by atoms with Crippen LogP contribution in [-0.4, -0.2) is 125 Å². The van der Waals surface area contributed by atoms with Crippen molar-refractivity contribution in [2.24, 2.45) is 0 Å².